The lowest BCUT2D eigenvalue weighted by molar-refractivity contribution is 0.251. The number of nitrogens with one attached hydrogen (secondary N) is 2. The van der Waals surface area contributed by atoms with Crippen molar-refractivity contribution in [2.24, 2.45) is 0 Å². The van der Waals surface area contributed by atoms with Crippen LogP contribution in [0.4, 0.5) is 10.5 Å². The highest BCUT2D eigenvalue weighted by molar-refractivity contribution is 5.89. The lowest BCUT2D eigenvalue weighted by atomic mass is 10.2. The van der Waals surface area contributed by atoms with E-state index in [1.807, 2.05) is 50.2 Å². The molecule has 0 aliphatic carbocycles. The zero-order valence-electron chi connectivity index (χ0n) is 14.1. The van der Waals surface area contributed by atoms with E-state index >= 15 is 0 Å². The molecule has 3 aromatic rings. The third-order valence-electron chi connectivity index (χ3n) is 3.74. The molecule has 8 heteroatoms. The van der Waals surface area contributed by atoms with Crippen molar-refractivity contribution in [3.05, 3.63) is 53.9 Å². The molecule has 2 N–H and O–H groups in total. The van der Waals surface area contributed by atoms with Gasteiger partial charge in [0.15, 0.2) is 5.82 Å². The number of amides is 2. The quantitative estimate of drug-likeness (QED) is 0.745. The fourth-order valence-electron chi connectivity index (χ4n) is 2.40. The Morgan fingerprint density at radius 3 is 2.92 bits per heavy atom. The molecule has 2 amide bonds. The number of nitrogens with zero attached hydrogens (tertiary/aromatic N) is 5. The summed E-state index contributed by atoms with van der Waals surface area (Å²) in [4.78, 5) is 16.4. The van der Waals surface area contributed by atoms with Gasteiger partial charge in [-0.25, -0.2) is 9.48 Å². The molecule has 0 bridgehead atoms. The highest BCUT2D eigenvalue weighted by Crippen LogP contribution is 2.20. The van der Waals surface area contributed by atoms with Crippen LogP contribution in [-0.2, 0) is 13.1 Å². The maximum absolute atomic E-state index is 12.1. The van der Waals surface area contributed by atoms with E-state index in [0.717, 1.165) is 16.8 Å². The average molecular weight is 337 g/mol. The number of hydrogen-bond acceptors (Lipinski definition) is 5. The Balaban J connectivity index is 1.66. The molecule has 0 aliphatic rings. The van der Waals surface area contributed by atoms with Crippen LogP contribution in [0.3, 0.4) is 0 Å². The molecule has 2 aromatic heterocycles. The Hall–Kier alpha value is -3.29. The molecule has 0 aliphatic heterocycles. The largest absolute Gasteiger partial charge is 0.332 e. The average Bonchev–Trinajstić information content (AvgIpc) is 3.10. The molecule has 0 radical (unpaired) electrons. The van der Waals surface area contributed by atoms with E-state index in [1.165, 1.54) is 0 Å². The molecule has 1 aromatic carbocycles. The van der Waals surface area contributed by atoms with Crippen molar-refractivity contribution in [1.29, 1.82) is 0 Å². The van der Waals surface area contributed by atoms with Crippen LogP contribution in [0.2, 0.25) is 0 Å². The molecule has 0 fully saturated rings. The van der Waals surface area contributed by atoms with E-state index in [2.05, 4.69) is 31.1 Å². The minimum absolute atomic E-state index is 0.294. The van der Waals surface area contributed by atoms with Gasteiger partial charge in [0, 0.05) is 24.0 Å². The molecule has 25 heavy (non-hydrogen) atoms. The van der Waals surface area contributed by atoms with E-state index in [1.54, 1.807) is 10.9 Å². The lowest BCUT2D eigenvalue weighted by Crippen LogP contribution is -2.28. The van der Waals surface area contributed by atoms with Crippen LogP contribution in [0.25, 0.3) is 11.4 Å². The smallest absolute Gasteiger partial charge is 0.319 e. The Morgan fingerprint density at radius 1 is 1.24 bits per heavy atom. The molecule has 0 unspecified atom stereocenters. The van der Waals surface area contributed by atoms with Gasteiger partial charge in [-0.3, -0.25) is 4.98 Å². The summed E-state index contributed by atoms with van der Waals surface area (Å²) in [5, 5.41) is 17.3. The number of aromatic nitrogens is 5. The van der Waals surface area contributed by atoms with Crippen molar-refractivity contribution < 1.29 is 4.79 Å². The van der Waals surface area contributed by atoms with Gasteiger partial charge in [-0.15, -0.1) is 5.10 Å². The zero-order valence-corrected chi connectivity index (χ0v) is 14.1. The van der Waals surface area contributed by atoms with E-state index < -0.39 is 0 Å². The number of carbonyl (C=O) groups is 1. The van der Waals surface area contributed by atoms with Gasteiger partial charge >= 0.3 is 6.03 Å². The monoisotopic (exact) mass is 337 g/mol. The van der Waals surface area contributed by atoms with Crippen LogP contribution in [0.15, 0.2) is 42.6 Å². The molecule has 8 nitrogen and oxygen atoms in total. The number of tetrazole rings is 1. The minimum atomic E-state index is -0.294. The number of anilines is 1. The molecule has 0 spiro atoms. The first-order valence-electron chi connectivity index (χ1n) is 7.99. The summed E-state index contributed by atoms with van der Waals surface area (Å²) in [7, 11) is 0. The van der Waals surface area contributed by atoms with Crippen molar-refractivity contribution in [1.82, 2.24) is 30.5 Å². The second kappa shape index (κ2) is 7.52. The number of carbonyl (C=O) groups excluding carboxylic acids is 1. The van der Waals surface area contributed by atoms with Crippen molar-refractivity contribution in [2.75, 3.05) is 5.32 Å². The predicted octanol–water partition coefficient (Wildman–Crippen LogP) is 2.39. The first-order valence-corrected chi connectivity index (χ1v) is 7.99. The highest BCUT2D eigenvalue weighted by Gasteiger charge is 2.09. The molecular weight excluding hydrogens is 318 g/mol. The molecule has 0 saturated carbocycles. The number of rotatable bonds is 5. The second-order valence-electron chi connectivity index (χ2n) is 5.47. The second-order valence-corrected chi connectivity index (χ2v) is 5.47. The van der Waals surface area contributed by atoms with Crippen LogP contribution in [0, 0.1) is 6.92 Å². The van der Waals surface area contributed by atoms with Crippen LogP contribution in [0.5, 0.6) is 0 Å². The van der Waals surface area contributed by atoms with Gasteiger partial charge in [0.25, 0.3) is 0 Å². The highest BCUT2D eigenvalue weighted by atomic mass is 16.2. The SMILES string of the molecule is CCn1nnnc1-c1cccc(NC(=O)NCc2ncccc2C)c1. The van der Waals surface area contributed by atoms with E-state index in [0.29, 0.717) is 24.6 Å². The standard InChI is InChI=1S/C17H19N7O/c1-3-24-16(21-22-23-24)13-7-4-8-14(10-13)20-17(25)19-11-15-12(2)6-5-9-18-15/h4-10H,3,11H2,1-2H3,(H2,19,20,25). The summed E-state index contributed by atoms with van der Waals surface area (Å²) in [6.07, 6.45) is 1.71. The van der Waals surface area contributed by atoms with Crippen LogP contribution in [-0.4, -0.2) is 31.2 Å². The molecule has 3 rings (SSSR count). The number of hydrogen-bond donors (Lipinski definition) is 2. The molecule has 128 valence electrons. The Labute approximate surface area is 145 Å². The molecule has 2 heterocycles. The minimum Gasteiger partial charge on any atom is -0.332 e. The van der Waals surface area contributed by atoms with Crippen LogP contribution >= 0.6 is 0 Å². The number of urea groups is 1. The van der Waals surface area contributed by atoms with E-state index in [-0.39, 0.29) is 6.03 Å². The number of benzene rings is 1. The van der Waals surface area contributed by atoms with Crippen molar-refractivity contribution >= 4 is 11.7 Å². The summed E-state index contributed by atoms with van der Waals surface area (Å²) in [5.41, 5.74) is 3.38. The number of pyridine rings is 1. The zero-order chi connectivity index (χ0) is 17.6. The van der Waals surface area contributed by atoms with Gasteiger partial charge in [-0.2, -0.15) is 0 Å². The molecule has 0 saturated heterocycles. The van der Waals surface area contributed by atoms with Crippen LogP contribution in [0.1, 0.15) is 18.2 Å². The summed E-state index contributed by atoms with van der Waals surface area (Å²) < 4.78 is 1.70. The van der Waals surface area contributed by atoms with Gasteiger partial charge in [0.2, 0.25) is 0 Å². The maximum atomic E-state index is 12.1. The van der Waals surface area contributed by atoms with Gasteiger partial charge in [-0.05, 0) is 48.0 Å². The number of aryl methyl sites for hydroxylation is 2. The maximum Gasteiger partial charge on any atom is 0.319 e. The summed E-state index contributed by atoms with van der Waals surface area (Å²) >= 11 is 0. The first kappa shape index (κ1) is 16.6. The third kappa shape index (κ3) is 3.97. The topological polar surface area (TPSA) is 97.6 Å². The van der Waals surface area contributed by atoms with Gasteiger partial charge in [0.05, 0.1) is 12.2 Å². The van der Waals surface area contributed by atoms with Gasteiger partial charge in [0.1, 0.15) is 0 Å². The molecular formula is C17H19N7O. The van der Waals surface area contributed by atoms with Crippen LogP contribution < -0.4 is 10.6 Å². The summed E-state index contributed by atoms with van der Waals surface area (Å²) in [6.45, 7) is 4.97. The van der Waals surface area contributed by atoms with Gasteiger partial charge in [-0.1, -0.05) is 18.2 Å². The Morgan fingerprint density at radius 2 is 2.12 bits per heavy atom. The predicted molar refractivity (Wildman–Crippen MR) is 93.8 cm³/mol. The fraction of sp³-hybridized carbons (Fsp3) is 0.235. The fourth-order valence-corrected chi connectivity index (χ4v) is 2.40. The van der Waals surface area contributed by atoms with Crippen molar-refractivity contribution in [3.63, 3.8) is 0 Å². The summed E-state index contributed by atoms with van der Waals surface area (Å²) in [5.74, 6) is 0.663. The van der Waals surface area contributed by atoms with E-state index in [4.69, 9.17) is 0 Å². The van der Waals surface area contributed by atoms with Crippen molar-refractivity contribution in [2.45, 2.75) is 26.9 Å². The lowest BCUT2D eigenvalue weighted by Gasteiger charge is -2.10. The Kier molecular flexibility index (Phi) is 4.98. The van der Waals surface area contributed by atoms with E-state index in [9.17, 15) is 4.79 Å². The molecule has 0 atom stereocenters. The third-order valence-corrected chi connectivity index (χ3v) is 3.74. The Bertz CT molecular complexity index is 875. The van der Waals surface area contributed by atoms with Gasteiger partial charge < -0.3 is 10.6 Å². The summed E-state index contributed by atoms with van der Waals surface area (Å²) in [6, 6.07) is 10.9. The first-order chi connectivity index (χ1) is 12.2. The van der Waals surface area contributed by atoms with Crippen molar-refractivity contribution in [3.8, 4) is 11.4 Å². The normalized spacial score (nSPS) is 10.5.